The van der Waals surface area contributed by atoms with Gasteiger partial charge in [0.1, 0.15) is 12.8 Å². The van der Waals surface area contributed by atoms with Crippen LogP contribution in [0.2, 0.25) is 0 Å². The Morgan fingerprint density at radius 1 is 0.962 bits per heavy atom. The van der Waals surface area contributed by atoms with Gasteiger partial charge in [-0.05, 0) is 13.0 Å². The molecule has 0 radical (unpaired) electrons. The Balaban J connectivity index is 0.000000431. The molecule has 2 aromatic carbocycles. The first-order valence-corrected chi connectivity index (χ1v) is 8.21. The summed E-state index contributed by atoms with van der Waals surface area (Å²) >= 11 is 0. The van der Waals surface area contributed by atoms with E-state index in [1.165, 1.54) is 22.5 Å². The van der Waals surface area contributed by atoms with Gasteiger partial charge < -0.3 is 22.0 Å². The molecule has 7 heteroatoms. The first-order valence-electron chi connectivity index (χ1n) is 8.21. The van der Waals surface area contributed by atoms with E-state index in [0.717, 1.165) is 11.3 Å². The summed E-state index contributed by atoms with van der Waals surface area (Å²) in [6.07, 6.45) is 0. The summed E-state index contributed by atoms with van der Waals surface area (Å²) in [5.74, 6) is 0.965. The van der Waals surface area contributed by atoms with E-state index in [9.17, 15) is 17.3 Å². The summed E-state index contributed by atoms with van der Waals surface area (Å²) in [6, 6.07) is 18.8. The van der Waals surface area contributed by atoms with Crippen molar-refractivity contribution in [1.82, 2.24) is 0 Å². The number of hydrogen-bond acceptors (Lipinski definition) is 1. The molecule has 0 unspecified atom stereocenters. The Kier molecular flexibility index (Phi) is 6.24. The van der Waals surface area contributed by atoms with Gasteiger partial charge in [0.2, 0.25) is 5.69 Å². The second kappa shape index (κ2) is 8.21. The lowest BCUT2D eigenvalue weighted by molar-refractivity contribution is -0.401. The summed E-state index contributed by atoms with van der Waals surface area (Å²) in [5.41, 5.74) is 6.02. The molecule has 0 atom stereocenters. The van der Waals surface area contributed by atoms with Gasteiger partial charge in [-0.3, -0.25) is 0 Å². The molecule has 138 valence electrons. The van der Waals surface area contributed by atoms with Crippen LogP contribution in [0.4, 0.5) is 23.0 Å². The highest BCUT2D eigenvalue weighted by Gasteiger charge is 2.32. The second-order valence-corrected chi connectivity index (χ2v) is 5.66. The number of allylic oxidation sites excluding steroid dienone is 1. The van der Waals surface area contributed by atoms with E-state index in [1.807, 2.05) is 13.0 Å². The lowest BCUT2D eigenvalue weighted by Gasteiger charge is -2.12. The molecule has 0 saturated carbocycles. The highest BCUT2D eigenvalue weighted by Crippen LogP contribution is 2.38. The SMILES string of the molecule is CCO/C(=C1/C(C)=[N+](C)c2ccccc21)c1ccccc1.F[B-](F)(F)F. The highest BCUT2D eigenvalue weighted by atomic mass is 19.5. The molecule has 1 aliphatic rings. The zero-order chi connectivity index (χ0) is 19.3. The third kappa shape index (κ3) is 4.74. The maximum absolute atomic E-state index is 9.75. The maximum atomic E-state index is 9.75. The molecule has 0 fully saturated rings. The summed E-state index contributed by atoms with van der Waals surface area (Å²) in [4.78, 5) is 0. The fourth-order valence-electron chi connectivity index (χ4n) is 2.84. The van der Waals surface area contributed by atoms with Gasteiger partial charge >= 0.3 is 7.25 Å². The van der Waals surface area contributed by atoms with Gasteiger partial charge in [-0.2, -0.15) is 4.58 Å². The minimum Gasteiger partial charge on any atom is -0.492 e. The second-order valence-electron chi connectivity index (χ2n) is 5.66. The highest BCUT2D eigenvalue weighted by molar-refractivity contribution is 6.50. The normalized spacial score (nSPS) is 15.2. The number of rotatable bonds is 3. The molecule has 2 aromatic rings. The molecular weight excluding hydrogens is 345 g/mol. The average Bonchev–Trinajstić information content (AvgIpc) is 2.84. The quantitative estimate of drug-likeness (QED) is 0.297. The van der Waals surface area contributed by atoms with Gasteiger partial charge in [0.25, 0.3) is 0 Å². The fraction of sp³-hybridized carbons (Fsp3) is 0.211. The van der Waals surface area contributed by atoms with Gasteiger partial charge in [0.05, 0.1) is 17.7 Å². The smallest absolute Gasteiger partial charge is 0.492 e. The summed E-state index contributed by atoms with van der Waals surface area (Å²) in [7, 11) is -3.89. The van der Waals surface area contributed by atoms with Crippen LogP contribution in [0.15, 0.2) is 54.6 Å². The van der Waals surface area contributed by atoms with Gasteiger partial charge in [-0.15, -0.1) is 0 Å². The Morgan fingerprint density at radius 3 is 2.08 bits per heavy atom. The molecule has 0 spiro atoms. The van der Waals surface area contributed by atoms with Crippen molar-refractivity contribution < 1.29 is 26.6 Å². The van der Waals surface area contributed by atoms with Crippen LogP contribution in [0.3, 0.4) is 0 Å². The van der Waals surface area contributed by atoms with Crippen LogP contribution in [0.5, 0.6) is 0 Å². The Bertz CT molecular complexity index is 823. The standard InChI is InChI=1S/C19H20NO.BF4/c1-4-21-19(15-10-6-5-7-11-15)18-14(2)20(3)17-13-9-8-12-16(17)18;2-1(3,4)5/h5-13H,4H2,1-3H3;/q+1;-1/b19-18-;. The minimum atomic E-state index is -6.00. The monoisotopic (exact) mass is 365 g/mol. The van der Waals surface area contributed by atoms with Crippen LogP contribution in [-0.2, 0) is 4.74 Å². The van der Waals surface area contributed by atoms with Gasteiger partial charge in [0, 0.05) is 18.6 Å². The van der Waals surface area contributed by atoms with E-state index in [4.69, 9.17) is 4.74 Å². The molecule has 0 N–H and O–H groups in total. The Hall–Kier alpha value is -2.57. The molecule has 1 aliphatic heterocycles. The number of nitrogens with zero attached hydrogens (tertiary/aromatic N) is 1. The lowest BCUT2D eigenvalue weighted by atomic mass is 9.99. The van der Waals surface area contributed by atoms with Crippen molar-refractivity contribution in [2.75, 3.05) is 13.7 Å². The van der Waals surface area contributed by atoms with Crippen LogP contribution in [-0.4, -0.2) is 31.2 Å². The summed E-state index contributed by atoms with van der Waals surface area (Å²) in [5, 5.41) is 0. The predicted molar refractivity (Wildman–Crippen MR) is 98.0 cm³/mol. The third-order valence-electron chi connectivity index (χ3n) is 3.95. The molecule has 2 nitrogen and oxygen atoms in total. The molecule has 3 rings (SSSR count). The van der Waals surface area contributed by atoms with E-state index >= 15 is 0 Å². The van der Waals surface area contributed by atoms with Crippen LogP contribution < -0.4 is 0 Å². The molecular formula is C19H20BF4NO. The van der Waals surface area contributed by atoms with Crippen molar-refractivity contribution >= 4 is 30.0 Å². The van der Waals surface area contributed by atoms with Crippen LogP contribution in [0.1, 0.15) is 25.0 Å². The topological polar surface area (TPSA) is 12.2 Å². The summed E-state index contributed by atoms with van der Waals surface area (Å²) in [6.45, 7) is 4.84. The van der Waals surface area contributed by atoms with Crippen molar-refractivity contribution in [1.29, 1.82) is 0 Å². The Morgan fingerprint density at radius 2 is 1.50 bits per heavy atom. The number of benzene rings is 2. The zero-order valence-electron chi connectivity index (χ0n) is 14.8. The molecule has 1 heterocycles. The zero-order valence-corrected chi connectivity index (χ0v) is 14.8. The first-order chi connectivity index (χ1) is 12.2. The van der Waals surface area contributed by atoms with Crippen molar-refractivity contribution in [3.8, 4) is 0 Å². The number of hydrogen-bond donors (Lipinski definition) is 0. The molecule has 0 saturated heterocycles. The van der Waals surface area contributed by atoms with Crippen molar-refractivity contribution in [2.45, 2.75) is 13.8 Å². The van der Waals surface area contributed by atoms with Gasteiger partial charge in [-0.1, -0.05) is 42.5 Å². The average molecular weight is 365 g/mol. The van der Waals surface area contributed by atoms with Crippen LogP contribution in [0.25, 0.3) is 11.3 Å². The van der Waals surface area contributed by atoms with Gasteiger partial charge in [-0.25, -0.2) is 0 Å². The van der Waals surface area contributed by atoms with Crippen molar-refractivity contribution in [3.05, 3.63) is 65.7 Å². The van der Waals surface area contributed by atoms with E-state index in [0.29, 0.717) is 6.61 Å². The molecule has 0 amide bonds. The number of fused-ring (bicyclic) bond motifs is 1. The van der Waals surface area contributed by atoms with Crippen molar-refractivity contribution in [3.63, 3.8) is 0 Å². The number of para-hydroxylation sites is 1. The molecule has 0 aromatic heterocycles. The van der Waals surface area contributed by atoms with E-state index in [2.05, 4.69) is 67.1 Å². The number of halogens is 4. The predicted octanol–water partition coefficient (Wildman–Crippen LogP) is 5.64. The van der Waals surface area contributed by atoms with E-state index in [1.54, 1.807) is 0 Å². The molecule has 0 aliphatic carbocycles. The van der Waals surface area contributed by atoms with Crippen LogP contribution in [0, 0.1) is 0 Å². The largest absolute Gasteiger partial charge is 0.673 e. The number of ether oxygens (including phenoxy) is 1. The van der Waals surface area contributed by atoms with E-state index in [-0.39, 0.29) is 0 Å². The van der Waals surface area contributed by atoms with E-state index < -0.39 is 7.25 Å². The van der Waals surface area contributed by atoms with Gasteiger partial charge in [0.15, 0.2) is 5.71 Å². The Labute approximate surface area is 150 Å². The van der Waals surface area contributed by atoms with Crippen LogP contribution >= 0.6 is 0 Å². The first kappa shape index (κ1) is 19.8. The molecule has 26 heavy (non-hydrogen) atoms. The fourth-order valence-corrected chi connectivity index (χ4v) is 2.84. The summed E-state index contributed by atoms with van der Waals surface area (Å²) < 4.78 is 47.2. The maximum Gasteiger partial charge on any atom is 0.673 e. The van der Waals surface area contributed by atoms with Crippen molar-refractivity contribution in [2.24, 2.45) is 0 Å². The minimum absolute atomic E-state index is 0.660. The lowest BCUT2D eigenvalue weighted by Crippen LogP contribution is -2.06. The third-order valence-corrected chi connectivity index (χ3v) is 3.95. The molecule has 0 bridgehead atoms.